The highest BCUT2D eigenvalue weighted by Gasteiger charge is 2.46. The predicted octanol–water partition coefficient (Wildman–Crippen LogP) is 5.01. The predicted molar refractivity (Wildman–Crippen MR) is 133 cm³/mol. The third kappa shape index (κ3) is 4.07. The van der Waals surface area contributed by atoms with E-state index in [0.717, 1.165) is 17.1 Å². The first-order valence-corrected chi connectivity index (χ1v) is 11.2. The number of anilines is 4. The van der Waals surface area contributed by atoms with Crippen molar-refractivity contribution in [2.24, 2.45) is 0 Å². The number of aromatic amines is 1. The largest absolute Gasteiger partial charge is 0.418 e. The van der Waals surface area contributed by atoms with Crippen LogP contribution in [0.1, 0.15) is 5.56 Å². The van der Waals surface area contributed by atoms with E-state index in [9.17, 15) is 18.0 Å². The Bertz CT molecular complexity index is 1610. The van der Waals surface area contributed by atoms with Gasteiger partial charge >= 0.3 is 6.18 Å². The van der Waals surface area contributed by atoms with E-state index in [1.54, 1.807) is 65.9 Å². The van der Waals surface area contributed by atoms with Crippen LogP contribution in [0.2, 0.25) is 0 Å². The van der Waals surface area contributed by atoms with E-state index in [2.05, 4.69) is 36.4 Å². The van der Waals surface area contributed by atoms with Crippen molar-refractivity contribution in [1.29, 1.82) is 0 Å². The standard InChI is InChI=1S/C25H19F3N8O/c26-24(27,28)18-3-1-2-4-19(18)32-25(23(37)31-16-6-5-15-13-30-35-21(15)11-16)33-20-8-7-17(12-22(20)34-25)36-10-9-29-14-36/h1-14,32-34H,(H,30,35)(H,31,37). The molecular formula is C25H19F3N8O. The van der Waals surface area contributed by atoms with E-state index in [0.29, 0.717) is 22.6 Å². The van der Waals surface area contributed by atoms with Crippen molar-refractivity contribution in [3.8, 4) is 5.69 Å². The van der Waals surface area contributed by atoms with Crippen molar-refractivity contribution in [2.75, 3.05) is 21.3 Å². The van der Waals surface area contributed by atoms with Gasteiger partial charge in [0.15, 0.2) is 0 Å². The molecule has 1 atom stereocenters. The second-order valence-corrected chi connectivity index (χ2v) is 8.49. The summed E-state index contributed by atoms with van der Waals surface area (Å²) in [5.41, 5.74) is 1.76. The number of nitrogens with zero attached hydrogens (tertiary/aromatic N) is 3. The number of carbonyl (C=O) groups is 1. The Kier molecular flexibility index (Phi) is 5.04. The summed E-state index contributed by atoms with van der Waals surface area (Å²) in [5.74, 6) is -2.50. The van der Waals surface area contributed by atoms with E-state index in [-0.39, 0.29) is 5.69 Å². The number of halogens is 3. The van der Waals surface area contributed by atoms with E-state index >= 15 is 0 Å². The maximum absolute atomic E-state index is 13.8. The van der Waals surface area contributed by atoms with Crippen LogP contribution in [0.3, 0.4) is 0 Å². The molecule has 0 saturated heterocycles. The number of imidazole rings is 1. The summed E-state index contributed by atoms with van der Waals surface area (Å²) >= 11 is 0. The third-order valence-corrected chi connectivity index (χ3v) is 6.05. The van der Waals surface area contributed by atoms with Crippen LogP contribution in [0.4, 0.5) is 35.9 Å². The first-order chi connectivity index (χ1) is 17.8. The molecule has 0 saturated carbocycles. The molecule has 1 aliphatic rings. The van der Waals surface area contributed by atoms with Gasteiger partial charge in [0.2, 0.25) is 0 Å². The summed E-state index contributed by atoms with van der Waals surface area (Å²) in [4.78, 5) is 17.8. The molecule has 0 radical (unpaired) electrons. The first kappa shape index (κ1) is 22.5. The molecule has 0 aliphatic carbocycles. The number of nitrogens with one attached hydrogen (secondary N) is 5. The van der Waals surface area contributed by atoms with Crippen molar-refractivity contribution >= 4 is 39.6 Å². The normalized spacial score (nSPS) is 16.6. The number of benzene rings is 3. The summed E-state index contributed by atoms with van der Waals surface area (Å²) in [7, 11) is 0. The minimum absolute atomic E-state index is 0.267. The Balaban J connectivity index is 1.39. The van der Waals surface area contributed by atoms with E-state index < -0.39 is 23.4 Å². The third-order valence-electron chi connectivity index (χ3n) is 6.05. The van der Waals surface area contributed by atoms with Gasteiger partial charge in [0.25, 0.3) is 11.7 Å². The Morgan fingerprint density at radius 1 is 1.00 bits per heavy atom. The van der Waals surface area contributed by atoms with Crippen LogP contribution in [-0.2, 0) is 11.0 Å². The highest BCUT2D eigenvalue weighted by atomic mass is 19.4. The number of para-hydroxylation sites is 1. The van der Waals surface area contributed by atoms with Crippen LogP contribution < -0.4 is 21.3 Å². The van der Waals surface area contributed by atoms with E-state index in [1.807, 2.05) is 0 Å². The SMILES string of the molecule is O=C(Nc1ccc2cn[nH]c2c1)C1(Nc2ccccc2C(F)(F)F)Nc2ccc(-n3ccnc3)cc2N1. The van der Waals surface area contributed by atoms with Crippen LogP contribution in [0.15, 0.2) is 85.6 Å². The maximum atomic E-state index is 13.8. The lowest BCUT2D eigenvalue weighted by Crippen LogP contribution is -2.59. The van der Waals surface area contributed by atoms with Gasteiger partial charge in [0, 0.05) is 34.8 Å². The molecular weight excluding hydrogens is 485 g/mol. The quantitative estimate of drug-likeness (QED) is 0.230. The van der Waals surface area contributed by atoms with Gasteiger partial charge in [-0.15, -0.1) is 0 Å². The van der Waals surface area contributed by atoms with Crippen LogP contribution >= 0.6 is 0 Å². The lowest BCUT2D eigenvalue weighted by Gasteiger charge is -2.32. The van der Waals surface area contributed by atoms with Gasteiger partial charge in [-0.05, 0) is 48.5 Å². The molecule has 9 nitrogen and oxygen atoms in total. The van der Waals surface area contributed by atoms with Crippen molar-refractivity contribution in [1.82, 2.24) is 19.7 Å². The van der Waals surface area contributed by atoms with E-state index in [4.69, 9.17) is 0 Å². The summed E-state index contributed by atoms with van der Waals surface area (Å²) in [5, 5.41) is 19.4. The highest BCUT2D eigenvalue weighted by molar-refractivity contribution is 6.07. The number of aromatic nitrogens is 4. The van der Waals surface area contributed by atoms with Crippen molar-refractivity contribution in [3.05, 3.63) is 91.1 Å². The van der Waals surface area contributed by atoms with Gasteiger partial charge in [-0.2, -0.15) is 18.3 Å². The highest BCUT2D eigenvalue weighted by Crippen LogP contribution is 2.40. The molecule has 5 N–H and O–H groups in total. The van der Waals surface area contributed by atoms with Gasteiger partial charge in [-0.1, -0.05) is 12.1 Å². The van der Waals surface area contributed by atoms with Gasteiger partial charge in [-0.25, -0.2) is 4.98 Å². The monoisotopic (exact) mass is 504 g/mol. The van der Waals surface area contributed by atoms with Crippen molar-refractivity contribution in [2.45, 2.75) is 12.0 Å². The smallest absolute Gasteiger partial charge is 0.337 e. The summed E-state index contributed by atoms with van der Waals surface area (Å²) in [6, 6.07) is 15.5. The molecule has 37 heavy (non-hydrogen) atoms. The molecule has 0 spiro atoms. The summed E-state index contributed by atoms with van der Waals surface area (Å²) in [6.07, 6.45) is 2.02. The molecule has 3 heterocycles. The number of H-pyrrole nitrogens is 1. The van der Waals surface area contributed by atoms with E-state index in [1.165, 1.54) is 18.2 Å². The Labute approximate surface area is 207 Å². The molecule has 5 aromatic rings. The Morgan fingerprint density at radius 2 is 1.84 bits per heavy atom. The van der Waals surface area contributed by atoms with Gasteiger partial charge in [0.05, 0.1) is 35.0 Å². The van der Waals surface area contributed by atoms with Crippen LogP contribution in [-0.4, -0.2) is 31.4 Å². The topological polar surface area (TPSA) is 112 Å². The molecule has 1 amide bonds. The minimum Gasteiger partial charge on any atom is -0.337 e. The van der Waals surface area contributed by atoms with Crippen LogP contribution in [0, 0.1) is 0 Å². The number of amides is 1. The number of hydrogen-bond donors (Lipinski definition) is 5. The molecule has 12 heteroatoms. The Hall–Kier alpha value is -5.00. The number of hydrogen-bond acceptors (Lipinski definition) is 6. The molecule has 3 aromatic carbocycles. The fourth-order valence-corrected chi connectivity index (χ4v) is 4.27. The number of fused-ring (bicyclic) bond motifs is 2. The van der Waals surface area contributed by atoms with Crippen molar-refractivity contribution < 1.29 is 18.0 Å². The molecule has 0 bridgehead atoms. The second-order valence-electron chi connectivity index (χ2n) is 8.49. The number of rotatable bonds is 5. The molecule has 0 fully saturated rings. The fourth-order valence-electron chi connectivity index (χ4n) is 4.27. The van der Waals surface area contributed by atoms with Gasteiger partial charge in [-0.3, -0.25) is 9.89 Å². The minimum atomic E-state index is -4.63. The lowest BCUT2D eigenvalue weighted by molar-refractivity contribution is -0.137. The zero-order chi connectivity index (χ0) is 25.6. The molecule has 1 unspecified atom stereocenters. The summed E-state index contributed by atoms with van der Waals surface area (Å²) in [6.45, 7) is 0. The fraction of sp³-hybridized carbons (Fsp3) is 0.0800. The van der Waals surface area contributed by atoms with Crippen molar-refractivity contribution in [3.63, 3.8) is 0 Å². The van der Waals surface area contributed by atoms with Crippen LogP contribution in [0.25, 0.3) is 16.6 Å². The maximum Gasteiger partial charge on any atom is 0.418 e. The molecule has 1 aliphatic heterocycles. The number of alkyl halides is 3. The van der Waals surface area contributed by atoms with Gasteiger partial charge in [0.1, 0.15) is 0 Å². The lowest BCUT2D eigenvalue weighted by atomic mass is 10.1. The zero-order valence-electron chi connectivity index (χ0n) is 19.0. The van der Waals surface area contributed by atoms with Crippen LogP contribution in [0.5, 0.6) is 0 Å². The summed E-state index contributed by atoms with van der Waals surface area (Å²) < 4.78 is 43.1. The molecule has 6 rings (SSSR count). The Morgan fingerprint density at radius 3 is 2.65 bits per heavy atom. The zero-order valence-corrected chi connectivity index (χ0v) is 19.0. The number of carbonyl (C=O) groups excluding carboxylic acids is 1. The molecule has 2 aromatic heterocycles. The molecule has 186 valence electrons. The average molecular weight is 504 g/mol. The first-order valence-electron chi connectivity index (χ1n) is 11.2. The average Bonchev–Trinajstić information content (AvgIpc) is 3.63. The second kappa shape index (κ2) is 8.29. The van der Waals surface area contributed by atoms with Gasteiger partial charge < -0.3 is 25.8 Å².